The molecule has 0 aromatic carbocycles. The van der Waals surface area contributed by atoms with Crippen molar-refractivity contribution in [3.8, 4) is 6.07 Å². The number of amides is 1. The third-order valence-corrected chi connectivity index (χ3v) is 3.56. The first-order valence-electron chi connectivity index (χ1n) is 4.98. The molecule has 1 amide bonds. The van der Waals surface area contributed by atoms with E-state index in [0.717, 1.165) is 12.0 Å². The zero-order valence-electron chi connectivity index (χ0n) is 8.30. The van der Waals surface area contributed by atoms with Crippen LogP contribution in [0.15, 0.2) is 16.7 Å². The van der Waals surface area contributed by atoms with E-state index in [2.05, 4.69) is 6.07 Å². The minimum absolute atomic E-state index is 0.0213. The summed E-state index contributed by atoms with van der Waals surface area (Å²) in [5.74, 6) is 0.629. The first-order valence-corrected chi connectivity index (χ1v) is 4.98. The molecular formula is C11H10N2O2. The van der Waals surface area contributed by atoms with Gasteiger partial charge in [-0.1, -0.05) is 0 Å². The Morgan fingerprint density at radius 2 is 2.47 bits per heavy atom. The summed E-state index contributed by atoms with van der Waals surface area (Å²) in [7, 11) is 1.74. The largest absolute Gasteiger partial charge is 0.459 e. The molecule has 0 N–H and O–H groups in total. The van der Waals surface area contributed by atoms with E-state index in [9.17, 15) is 4.79 Å². The minimum atomic E-state index is -0.101. The summed E-state index contributed by atoms with van der Waals surface area (Å²) in [6, 6.07) is 4.15. The van der Waals surface area contributed by atoms with E-state index in [0.29, 0.717) is 11.7 Å². The van der Waals surface area contributed by atoms with Crippen molar-refractivity contribution < 1.29 is 9.21 Å². The van der Waals surface area contributed by atoms with Crippen LogP contribution in [0.2, 0.25) is 0 Å². The molecule has 1 aromatic rings. The molecule has 0 spiro atoms. The summed E-state index contributed by atoms with van der Waals surface area (Å²) in [4.78, 5) is 13.5. The van der Waals surface area contributed by atoms with Crippen LogP contribution in [0.1, 0.15) is 28.5 Å². The lowest BCUT2D eigenvalue weighted by Gasteiger charge is -2.48. The molecule has 1 aliphatic heterocycles. The quantitative estimate of drug-likeness (QED) is 0.638. The Hall–Kier alpha value is -1.76. The zero-order chi connectivity index (χ0) is 10.6. The van der Waals surface area contributed by atoms with Crippen LogP contribution < -0.4 is 0 Å². The fourth-order valence-electron chi connectivity index (χ4n) is 2.70. The molecule has 1 saturated carbocycles. The number of carbonyl (C=O) groups excluding carboxylic acids is 1. The van der Waals surface area contributed by atoms with Crippen molar-refractivity contribution in [2.75, 3.05) is 7.05 Å². The van der Waals surface area contributed by atoms with Gasteiger partial charge in [0.1, 0.15) is 0 Å². The molecule has 4 nitrogen and oxygen atoms in total. The first-order chi connectivity index (χ1) is 7.24. The molecule has 0 unspecified atom stereocenters. The molecule has 76 valence electrons. The highest BCUT2D eigenvalue weighted by atomic mass is 16.3. The summed E-state index contributed by atoms with van der Waals surface area (Å²) in [5.41, 5.74) is 0.981. The fraction of sp³-hybridized carbons (Fsp3) is 0.455. The minimum Gasteiger partial charge on any atom is -0.459 e. The zero-order valence-corrected chi connectivity index (χ0v) is 8.30. The van der Waals surface area contributed by atoms with Gasteiger partial charge in [-0.05, 0) is 12.5 Å². The van der Waals surface area contributed by atoms with Gasteiger partial charge in [0.25, 0.3) is 5.91 Å². The number of nitriles is 1. The van der Waals surface area contributed by atoms with Gasteiger partial charge in [0, 0.05) is 18.5 Å². The Labute approximate surface area is 87.1 Å². The number of carbonyl (C=O) groups is 1. The topological polar surface area (TPSA) is 57.2 Å². The van der Waals surface area contributed by atoms with E-state index in [1.165, 1.54) is 0 Å². The Balaban J connectivity index is 2.07. The third kappa shape index (κ3) is 0.878. The molecule has 3 rings (SSSR count). The van der Waals surface area contributed by atoms with E-state index in [4.69, 9.17) is 9.68 Å². The molecule has 2 heterocycles. The summed E-state index contributed by atoms with van der Waals surface area (Å²) in [6.07, 6.45) is 2.39. The van der Waals surface area contributed by atoms with Crippen LogP contribution in [0.5, 0.6) is 0 Å². The van der Waals surface area contributed by atoms with Gasteiger partial charge in [-0.3, -0.25) is 4.79 Å². The maximum Gasteiger partial charge on any atom is 0.289 e. The lowest BCUT2D eigenvalue weighted by atomic mass is 9.65. The maximum absolute atomic E-state index is 11.9. The number of hydrogen-bond donors (Lipinski definition) is 0. The lowest BCUT2D eigenvalue weighted by Crippen LogP contribution is -2.55. The lowest BCUT2D eigenvalue weighted by molar-refractivity contribution is 0.0391. The van der Waals surface area contributed by atoms with E-state index < -0.39 is 0 Å². The number of rotatable bonds is 0. The standard InChI is InChI=1S/C11H10N2O2/c1-13-9-6(5-12)4-8(9)7-2-3-15-10(7)11(13)14/h2-3,6,8-9H,4H2,1H3/t6-,8+,9+/m0/s1. The summed E-state index contributed by atoms with van der Waals surface area (Å²) in [5, 5.41) is 8.92. The predicted molar refractivity (Wildman–Crippen MR) is 51.1 cm³/mol. The molecule has 15 heavy (non-hydrogen) atoms. The van der Waals surface area contributed by atoms with Crippen molar-refractivity contribution >= 4 is 5.91 Å². The van der Waals surface area contributed by atoms with Gasteiger partial charge < -0.3 is 9.32 Å². The molecule has 3 atom stereocenters. The number of furan rings is 1. The van der Waals surface area contributed by atoms with Crippen molar-refractivity contribution in [3.05, 3.63) is 23.7 Å². The van der Waals surface area contributed by atoms with E-state index >= 15 is 0 Å². The van der Waals surface area contributed by atoms with E-state index in [-0.39, 0.29) is 17.9 Å². The van der Waals surface area contributed by atoms with Crippen molar-refractivity contribution in [1.29, 1.82) is 5.26 Å². The molecule has 0 saturated heterocycles. The molecular weight excluding hydrogens is 192 g/mol. The summed E-state index contributed by atoms with van der Waals surface area (Å²) >= 11 is 0. The molecule has 0 bridgehead atoms. The molecule has 4 heteroatoms. The smallest absolute Gasteiger partial charge is 0.289 e. The Bertz CT molecular complexity index is 471. The summed E-state index contributed by atoms with van der Waals surface area (Å²) in [6.45, 7) is 0. The van der Waals surface area contributed by atoms with Crippen LogP contribution in [0.4, 0.5) is 0 Å². The first kappa shape index (κ1) is 8.54. The monoisotopic (exact) mass is 202 g/mol. The van der Waals surface area contributed by atoms with Gasteiger partial charge in [-0.25, -0.2) is 0 Å². The van der Waals surface area contributed by atoms with Crippen LogP contribution in [0.3, 0.4) is 0 Å². The second-order valence-corrected chi connectivity index (χ2v) is 4.19. The molecule has 1 fully saturated rings. The van der Waals surface area contributed by atoms with Crippen LogP contribution in [-0.2, 0) is 0 Å². The second kappa shape index (κ2) is 2.63. The van der Waals surface area contributed by atoms with Gasteiger partial charge >= 0.3 is 0 Å². The van der Waals surface area contributed by atoms with E-state index in [1.807, 2.05) is 6.07 Å². The molecule has 2 aliphatic rings. The number of hydrogen-bond acceptors (Lipinski definition) is 3. The predicted octanol–water partition coefficient (Wildman–Crippen LogP) is 1.36. The normalized spacial score (nSPS) is 32.7. The average molecular weight is 202 g/mol. The van der Waals surface area contributed by atoms with Crippen LogP contribution in [0.25, 0.3) is 0 Å². The Morgan fingerprint density at radius 3 is 3.20 bits per heavy atom. The van der Waals surface area contributed by atoms with Gasteiger partial charge in [-0.15, -0.1) is 0 Å². The van der Waals surface area contributed by atoms with Gasteiger partial charge in [0.05, 0.1) is 24.3 Å². The number of fused-ring (bicyclic) bond motifs is 3. The third-order valence-electron chi connectivity index (χ3n) is 3.56. The SMILES string of the molecule is CN1C(=O)c2occc2[C@H]2C[C@@H](C#N)[C@H]21. The fourth-order valence-corrected chi connectivity index (χ4v) is 2.70. The van der Waals surface area contributed by atoms with Crippen LogP contribution >= 0.6 is 0 Å². The average Bonchev–Trinajstić information content (AvgIpc) is 2.63. The number of nitrogens with zero attached hydrogens (tertiary/aromatic N) is 2. The number of likely N-dealkylation sites (N-methyl/N-ethyl adjacent to an activating group) is 1. The van der Waals surface area contributed by atoms with Crippen molar-refractivity contribution in [2.45, 2.75) is 18.4 Å². The highest BCUT2D eigenvalue weighted by Crippen LogP contribution is 2.48. The van der Waals surface area contributed by atoms with Gasteiger partial charge in [-0.2, -0.15) is 5.26 Å². The summed E-state index contributed by atoms with van der Waals surface area (Å²) < 4.78 is 5.19. The molecule has 1 aliphatic carbocycles. The van der Waals surface area contributed by atoms with Gasteiger partial charge in [0.15, 0.2) is 5.76 Å². The van der Waals surface area contributed by atoms with Crippen molar-refractivity contribution in [1.82, 2.24) is 4.90 Å². The highest BCUT2D eigenvalue weighted by Gasteiger charge is 2.51. The Kier molecular flexibility index (Phi) is 1.50. The maximum atomic E-state index is 11.9. The van der Waals surface area contributed by atoms with Gasteiger partial charge in [0.2, 0.25) is 0 Å². The highest BCUT2D eigenvalue weighted by molar-refractivity contribution is 5.95. The van der Waals surface area contributed by atoms with Crippen LogP contribution in [-0.4, -0.2) is 23.9 Å². The second-order valence-electron chi connectivity index (χ2n) is 4.19. The van der Waals surface area contributed by atoms with Crippen LogP contribution in [0, 0.1) is 17.2 Å². The molecule has 0 radical (unpaired) electrons. The van der Waals surface area contributed by atoms with Crippen molar-refractivity contribution in [3.63, 3.8) is 0 Å². The molecule has 1 aromatic heterocycles. The van der Waals surface area contributed by atoms with Crippen molar-refractivity contribution in [2.24, 2.45) is 5.92 Å². The Morgan fingerprint density at radius 1 is 1.67 bits per heavy atom. The van der Waals surface area contributed by atoms with E-state index in [1.54, 1.807) is 18.2 Å².